The minimum Gasteiger partial charge on any atom is -0.395 e. The van der Waals surface area contributed by atoms with Crippen LogP contribution in [0.4, 0.5) is 17.6 Å². The van der Waals surface area contributed by atoms with Crippen molar-refractivity contribution in [1.82, 2.24) is 15.5 Å². The predicted molar refractivity (Wildman–Crippen MR) is 90.6 cm³/mol. The third-order valence-electron chi connectivity index (χ3n) is 3.31. The Hall–Kier alpha value is -3.27. The maximum Gasteiger partial charge on any atom is 0.416 e. The standard InChI is InChI=1S/C9H5F3N2O.C9H10FNO2/c10-9(11,12)7-3-1-2-6(4-7)8-13-5-15-14-8;10-8-3-1-7(2-4-8)9(13)11-5-6-12/h1-5H;1-4,12H,5-6H2,(H,11,13). The third-order valence-corrected chi connectivity index (χ3v) is 3.31. The van der Waals surface area contributed by atoms with Crippen LogP contribution in [0.2, 0.25) is 0 Å². The lowest BCUT2D eigenvalue weighted by Crippen LogP contribution is -2.26. The normalized spacial score (nSPS) is 10.8. The van der Waals surface area contributed by atoms with Crippen molar-refractivity contribution in [2.75, 3.05) is 13.2 Å². The number of aromatic nitrogens is 2. The summed E-state index contributed by atoms with van der Waals surface area (Å²) in [5, 5.41) is 14.3. The van der Waals surface area contributed by atoms with E-state index in [0.29, 0.717) is 5.56 Å². The van der Waals surface area contributed by atoms with Gasteiger partial charge in [0.05, 0.1) is 12.2 Å². The molecule has 2 N–H and O–H groups in total. The molecule has 0 unspecified atom stereocenters. The molecular formula is C18H15F4N3O3. The molecule has 0 aliphatic rings. The van der Waals surface area contributed by atoms with Crippen molar-refractivity contribution in [3.8, 4) is 11.4 Å². The van der Waals surface area contributed by atoms with Gasteiger partial charge in [-0.1, -0.05) is 17.3 Å². The molecule has 0 saturated heterocycles. The van der Waals surface area contributed by atoms with Crippen LogP contribution >= 0.6 is 0 Å². The van der Waals surface area contributed by atoms with E-state index in [2.05, 4.69) is 20.0 Å². The quantitative estimate of drug-likeness (QED) is 0.660. The van der Waals surface area contributed by atoms with Crippen LogP contribution in [-0.2, 0) is 6.18 Å². The van der Waals surface area contributed by atoms with Crippen LogP contribution in [-0.4, -0.2) is 34.3 Å². The Morgan fingerprint density at radius 3 is 2.43 bits per heavy atom. The van der Waals surface area contributed by atoms with E-state index >= 15 is 0 Å². The Balaban J connectivity index is 0.000000203. The largest absolute Gasteiger partial charge is 0.416 e. The number of carbonyl (C=O) groups excluding carboxylic acids is 1. The van der Waals surface area contributed by atoms with E-state index in [1.54, 1.807) is 0 Å². The number of nitrogens with one attached hydrogen (secondary N) is 1. The highest BCUT2D eigenvalue weighted by molar-refractivity contribution is 5.94. The Morgan fingerprint density at radius 1 is 1.14 bits per heavy atom. The van der Waals surface area contributed by atoms with Gasteiger partial charge >= 0.3 is 6.18 Å². The number of aliphatic hydroxyl groups excluding tert-OH is 1. The summed E-state index contributed by atoms with van der Waals surface area (Å²) in [6.07, 6.45) is -3.30. The fourth-order valence-electron chi connectivity index (χ4n) is 2.01. The molecule has 0 atom stereocenters. The SMILES string of the molecule is FC(F)(F)c1cccc(-c2ncon2)c1.O=C(NCCO)c1ccc(F)cc1. The van der Waals surface area contributed by atoms with Gasteiger partial charge in [-0.25, -0.2) is 4.39 Å². The topological polar surface area (TPSA) is 88.2 Å². The molecule has 0 aliphatic heterocycles. The van der Waals surface area contributed by atoms with Crippen molar-refractivity contribution in [3.63, 3.8) is 0 Å². The first-order valence-corrected chi connectivity index (χ1v) is 7.90. The molecule has 0 radical (unpaired) electrons. The molecule has 6 nitrogen and oxygen atoms in total. The number of rotatable bonds is 4. The summed E-state index contributed by atoms with van der Waals surface area (Å²) in [6, 6.07) is 9.97. The first-order valence-electron chi connectivity index (χ1n) is 7.90. The van der Waals surface area contributed by atoms with Crippen molar-refractivity contribution >= 4 is 5.91 Å². The van der Waals surface area contributed by atoms with Gasteiger partial charge in [0, 0.05) is 17.7 Å². The average Bonchev–Trinajstić information content (AvgIpc) is 3.21. The third kappa shape index (κ3) is 6.16. The number of hydrogen-bond donors (Lipinski definition) is 2. The van der Waals surface area contributed by atoms with Crippen LogP contribution in [0.3, 0.4) is 0 Å². The zero-order valence-electron chi connectivity index (χ0n) is 14.3. The van der Waals surface area contributed by atoms with E-state index in [9.17, 15) is 22.4 Å². The number of halogens is 4. The van der Waals surface area contributed by atoms with Crippen LogP contribution in [0.1, 0.15) is 15.9 Å². The highest BCUT2D eigenvalue weighted by atomic mass is 19.4. The van der Waals surface area contributed by atoms with E-state index in [1.807, 2.05) is 0 Å². The Kier molecular flexibility index (Phi) is 7.21. The molecule has 3 aromatic rings. The molecule has 0 bridgehead atoms. The molecule has 0 aliphatic carbocycles. The number of hydrogen-bond acceptors (Lipinski definition) is 5. The van der Waals surface area contributed by atoms with Gasteiger partial charge in [0.15, 0.2) is 0 Å². The van der Waals surface area contributed by atoms with Gasteiger partial charge in [0.1, 0.15) is 5.82 Å². The molecule has 28 heavy (non-hydrogen) atoms. The monoisotopic (exact) mass is 397 g/mol. The molecular weight excluding hydrogens is 382 g/mol. The number of amides is 1. The maximum absolute atomic E-state index is 12.4. The number of alkyl halides is 3. The molecule has 0 spiro atoms. The second-order valence-electron chi connectivity index (χ2n) is 5.32. The summed E-state index contributed by atoms with van der Waals surface area (Å²) < 4.78 is 53.9. The average molecular weight is 397 g/mol. The number of aliphatic hydroxyl groups is 1. The van der Waals surface area contributed by atoms with E-state index in [1.165, 1.54) is 36.4 Å². The molecule has 148 valence electrons. The van der Waals surface area contributed by atoms with Gasteiger partial charge in [-0.05, 0) is 36.4 Å². The van der Waals surface area contributed by atoms with Gasteiger partial charge in [-0.2, -0.15) is 18.2 Å². The zero-order chi connectivity index (χ0) is 20.6. The minimum atomic E-state index is -4.36. The summed E-state index contributed by atoms with van der Waals surface area (Å²) in [7, 11) is 0. The van der Waals surface area contributed by atoms with Crippen LogP contribution in [0.5, 0.6) is 0 Å². The Morgan fingerprint density at radius 2 is 1.86 bits per heavy atom. The van der Waals surface area contributed by atoms with Crippen molar-refractivity contribution in [1.29, 1.82) is 0 Å². The first-order chi connectivity index (χ1) is 13.3. The lowest BCUT2D eigenvalue weighted by Gasteiger charge is -2.06. The fourth-order valence-corrected chi connectivity index (χ4v) is 2.01. The van der Waals surface area contributed by atoms with E-state index < -0.39 is 11.7 Å². The lowest BCUT2D eigenvalue weighted by atomic mass is 10.1. The molecule has 0 saturated carbocycles. The molecule has 10 heteroatoms. The van der Waals surface area contributed by atoms with Crippen LogP contribution in [0, 0.1) is 5.82 Å². The van der Waals surface area contributed by atoms with Gasteiger partial charge in [0.2, 0.25) is 12.2 Å². The second-order valence-corrected chi connectivity index (χ2v) is 5.32. The van der Waals surface area contributed by atoms with E-state index in [-0.39, 0.29) is 36.3 Å². The predicted octanol–water partition coefficient (Wildman–Crippen LogP) is 3.30. The van der Waals surface area contributed by atoms with Gasteiger partial charge in [0.25, 0.3) is 5.91 Å². The zero-order valence-corrected chi connectivity index (χ0v) is 14.3. The molecule has 1 amide bonds. The van der Waals surface area contributed by atoms with Crippen molar-refractivity contribution in [2.24, 2.45) is 0 Å². The highest BCUT2D eigenvalue weighted by Gasteiger charge is 2.30. The Bertz CT molecular complexity index is 882. The van der Waals surface area contributed by atoms with Crippen molar-refractivity contribution in [3.05, 3.63) is 71.9 Å². The van der Waals surface area contributed by atoms with Gasteiger partial charge in [-0.3, -0.25) is 4.79 Å². The number of benzene rings is 2. The van der Waals surface area contributed by atoms with Crippen LogP contribution in [0.25, 0.3) is 11.4 Å². The molecule has 0 fully saturated rings. The van der Waals surface area contributed by atoms with Crippen LogP contribution < -0.4 is 5.32 Å². The Labute approximate surface area is 156 Å². The van der Waals surface area contributed by atoms with Crippen molar-refractivity contribution in [2.45, 2.75) is 6.18 Å². The smallest absolute Gasteiger partial charge is 0.395 e. The van der Waals surface area contributed by atoms with E-state index in [4.69, 9.17) is 5.11 Å². The molecule has 3 rings (SSSR count). The van der Waals surface area contributed by atoms with Crippen LogP contribution in [0.15, 0.2) is 59.4 Å². The van der Waals surface area contributed by atoms with Crippen molar-refractivity contribution < 1.29 is 32.0 Å². The first kappa shape index (κ1) is 21.0. The maximum atomic E-state index is 12.4. The highest BCUT2D eigenvalue weighted by Crippen LogP contribution is 2.31. The lowest BCUT2D eigenvalue weighted by molar-refractivity contribution is -0.137. The number of nitrogens with zero attached hydrogens (tertiary/aromatic N) is 2. The molecule has 1 heterocycles. The second kappa shape index (κ2) is 9.60. The number of carbonyl (C=O) groups is 1. The summed E-state index contributed by atoms with van der Waals surface area (Å²) >= 11 is 0. The summed E-state index contributed by atoms with van der Waals surface area (Å²) in [5.74, 6) is -0.547. The van der Waals surface area contributed by atoms with Gasteiger partial charge < -0.3 is 14.9 Å². The van der Waals surface area contributed by atoms with Gasteiger partial charge in [-0.15, -0.1) is 0 Å². The minimum absolute atomic E-state index is 0.104. The summed E-state index contributed by atoms with van der Waals surface area (Å²) in [5.41, 5.74) is -0.0711. The van der Waals surface area contributed by atoms with E-state index in [0.717, 1.165) is 18.5 Å². The molecule has 2 aromatic carbocycles. The molecule has 1 aromatic heterocycles. The summed E-state index contributed by atoms with van der Waals surface area (Å²) in [6.45, 7) is 0.100. The summed E-state index contributed by atoms with van der Waals surface area (Å²) in [4.78, 5) is 14.8. The fraction of sp³-hybridized carbons (Fsp3) is 0.167.